The molecule has 0 unspecified atom stereocenters. The molecule has 11 heteroatoms. The summed E-state index contributed by atoms with van der Waals surface area (Å²) in [5.41, 5.74) is -3.52. The van der Waals surface area contributed by atoms with E-state index in [0.29, 0.717) is 23.5 Å². The number of nitrogens with one attached hydrogen (secondary N) is 1. The normalized spacial score (nSPS) is 12.3. The molecule has 25 heavy (non-hydrogen) atoms. The Balaban J connectivity index is 2.46. The molecular weight excluding hydrogens is 374 g/mol. The third-order valence-electron chi connectivity index (χ3n) is 3.35. The molecule has 1 N–H and O–H groups in total. The Bertz CT molecular complexity index is 847. The average Bonchev–Trinajstić information content (AvgIpc) is 2.73. The van der Waals surface area contributed by atoms with Crippen molar-refractivity contribution in [2.24, 2.45) is 7.05 Å². The summed E-state index contributed by atoms with van der Waals surface area (Å²) in [7, 11) is 1.39. The molecule has 0 bridgehead atoms. The summed E-state index contributed by atoms with van der Waals surface area (Å²) in [6.07, 6.45) is -10.0. The quantitative estimate of drug-likeness (QED) is 0.795. The summed E-state index contributed by atoms with van der Waals surface area (Å²) in [5.74, 6) is -0.965. The molecule has 1 amide bonds. The summed E-state index contributed by atoms with van der Waals surface area (Å²) in [5, 5.41) is 1.98. The van der Waals surface area contributed by atoms with Gasteiger partial charge in [0.1, 0.15) is 4.88 Å². The van der Waals surface area contributed by atoms with Crippen molar-refractivity contribution >= 4 is 22.9 Å². The second-order valence-electron chi connectivity index (χ2n) is 5.09. The number of thiazole rings is 1. The van der Waals surface area contributed by atoms with Crippen LogP contribution in [0.4, 0.5) is 32.0 Å². The molecule has 0 saturated carbocycles. The van der Waals surface area contributed by atoms with Crippen LogP contribution in [0.1, 0.15) is 26.5 Å². The van der Waals surface area contributed by atoms with Gasteiger partial charge in [-0.1, -0.05) is 11.3 Å². The van der Waals surface area contributed by atoms with Gasteiger partial charge in [-0.2, -0.15) is 26.3 Å². The second-order valence-corrected chi connectivity index (χ2v) is 6.05. The van der Waals surface area contributed by atoms with Gasteiger partial charge in [-0.05, 0) is 25.1 Å². The van der Waals surface area contributed by atoms with Gasteiger partial charge in [-0.25, -0.2) is 0 Å². The number of halogens is 6. The van der Waals surface area contributed by atoms with Gasteiger partial charge in [0.2, 0.25) is 0 Å². The molecule has 136 valence electrons. The van der Waals surface area contributed by atoms with E-state index < -0.39 is 39.9 Å². The summed E-state index contributed by atoms with van der Waals surface area (Å²) >= 11 is 0.539. The number of hydrogen-bond acceptors (Lipinski definition) is 3. The van der Waals surface area contributed by atoms with Gasteiger partial charge in [0, 0.05) is 18.4 Å². The van der Waals surface area contributed by atoms with E-state index in [4.69, 9.17) is 0 Å². The lowest BCUT2D eigenvalue weighted by Gasteiger charge is -2.14. The van der Waals surface area contributed by atoms with E-state index in [0.717, 1.165) is 4.57 Å². The largest absolute Gasteiger partial charge is 0.416 e. The lowest BCUT2D eigenvalue weighted by Crippen LogP contribution is -2.16. The summed E-state index contributed by atoms with van der Waals surface area (Å²) in [4.78, 5) is 23.0. The van der Waals surface area contributed by atoms with E-state index >= 15 is 0 Å². The Morgan fingerprint density at radius 3 is 1.88 bits per heavy atom. The van der Waals surface area contributed by atoms with Crippen LogP contribution in [0.25, 0.3) is 0 Å². The zero-order valence-electron chi connectivity index (χ0n) is 12.7. The molecule has 4 nitrogen and oxygen atoms in total. The number of nitrogens with zero attached hydrogens (tertiary/aromatic N) is 1. The summed E-state index contributed by atoms with van der Waals surface area (Å²) < 4.78 is 77.9. The van der Waals surface area contributed by atoms with Gasteiger partial charge < -0.3 is 9.88 Å². The highest BCUT2D eigenvalue weighted by molar-refractivity contribution is 7.11. The van der Waals surface area contributed by atoms with Gasteiger partial charge >= 0.3 is 17.2 Å². The van der Waals surface area contributed by atoms with Crippen LogP contribution in [0.15, 0.2) is 23.0 Å². The van der Waals surface area contributed by atoms with Gasteiger partial charge in [0.05, 0.1) is 11.1 Å². The van der Waals surface area contributed by atoms with Crippen LogP contribution < -0.4 is 10.2 Å². The first kappa shape index (κ1) is 19.0. The third-order valence-corrected chi connectivity index (χ3v) is 4.48. The van der Waals surface area contributed by atoms with Crippen molar-refractivity contribution in [2.45, 2.75) is 19.3 Å². The van der Waals surface area contributed by atoms with Gasteiger partial charge in [0.15, 0.2) is 0 Å². The number of amides is 1. The van der Waals surface area contributed by atoms with Crippen molar-refractivity contribution in [2.75, 3.05) is 5.32 Å². The number of hydrogen-bond donors (Lipinski definition) is 1. The fourth-order valence-corrected chi connectivity index (χ4v) is 2.82. The number of rotatable bonds is 2. The van der Waals surface area contributed by atoms with E-state index in [1.54, 1.807) is 0 Å². The van der Waals surface area contributed by atoms with E-state index in [1.807, 2.05) is 5.32 Å². The summed E-state index contributed by atoms with van der Waals surface area (Å²) in [6, 6.07) is 0.754. The Hall–Kier alpha value is -2.30. The summed E-state index contributed by atoms with van der Waals surface area (Å²) in [6.45, 7) is 1.43. The zero-order valence-corrected chi connectivity index (χ0v) is 13.5. The van der Waals surface area contributed by atoms with E-state index in [2.05, 4.69) is 0 Å². The van der Waals surface area contributed by atoms with Gasteiger partial charge in [0.25, 0.3) is 5.91 Å². The van der Waals surface area contributed by atoms with E-state index in [-0.39, 0.29) is 16.6 Å². The molecule has 0 atom stereocenters. The van der Waals surface area contributed by atoms with E-state index in [1.165, 1.54) is 14.0 Å². The first-order valence-electron chi connectivity index (χ1n) is 6.58. The second kappa shape index (κ2) is 6.21. The molecule has 0 aliphatic carbocycles. The predicted octanol–water partition coefficient (Wildman–Crippen LogP) is 4.05. The maximum absolute atomic E-state index is 12.8. The maximum atomic E-state index is 12.8. The van der Waals surface area contributed by atoms with Crippen LogP contribution in [0.2, 0.25) is 0 Å². The fourth-order valence-electron chi connectivity index (χ4n) is 1.94. The van der Waals surface area contributed by atoms with Crippen LogP contribution in [0.5, 0.6) is 0 Å². The minimum atomic E-state index is -5.02. The molecule has 2 aromatic rings. The van der Waals surface area contributed by atoms with Crippen LogP contribution in [-0.4, -0.2) is 10.5 Å². The first-order chi connectivity index (χ1) is 11.3. The van der Waals surface area contributed by atoms with E-state index in [9.17, 15) is 35.9 Å². The molecule has 0 aliphatic rings. The molecule has 0 radical (unpaired) electrons. The van der Waals surface area contributed by atoms with Crippen molar-refractivity contribution in [1.82, 2.24) is 4.57 Å². The monoisotopic (exact) mass is 384 g/mol. The molecule has 0 spiro atoms. The highest BCUT2D eigenvalue weighted by atomic mass is 32.1. The predicted molar refractivity (Wildman–Crippen MR) is 78.7 cm³/mol. The van der Waals surface area contributed by atoms with Crippen LogP contribution >= 0.6 is 11.3 Å². The minimum Gasteiger partial charge on any atom is -0.321 e. The van der Waals surface area contributed by atoms with Crippen molar-refractivity contribution in [1.29, 1.82) is 0 Å². The Morgan fingerprint density at radius 1 is 1.04 bits per heavy atom. The fraction of sp³-hybridized carbons (Fsp3) is 0.286. The van der Waals surface area contributed by atoms with Crippen LogP contribution in [0, 0.1) is 6.92 Å². The number of benzene rings is 1. The molecule has 1 aromatic carbocycles. The van der Waals surface area contributed by atoms with Crippen LogP contribution in [0.3, 0.4) is 0 Å². The van der Waals surface area contributed by atoms with Crippen LogP contribution in [-0.2, 0) is 19.4 Å². The average molecular weight is 384 g/mol. The number of carbonyl (C=O) groups excluding carboxylic acids is 1. The smallest absolute Gasteiger partial charge is 0.321 e. The van der Waals surface area contributed by atoms with Crippen molar-refractivity contribution in [3.8, 4) is 0 Å². The maximum Gasteiger partial charge on any atom is 0.416 e. The molecule has 0 aliphatic heterocycles. The highest BCUT2D eigenvalue weighted by Gasteiger charge is 2.37. The number of alkyl halides is 6. The molecule has 2 rings (SSSR count). The van der Waals surface area contributed by atoms with Gasteiger partial charge in [-0.3, -0.25) is 9.59 Å². The minimum absolute atomic E-state index is 0.0399. The van der Waals surface area contributed by atoms with Crippen molar-refractivity contribution in [3.05, 3.63) is 49.6 Å². The lowest BCUT2D eigenvalue weighted by atomic mass is 10.1. The topological polar surface area (TPSA) is 51.1 Å². The SMILES string of the molecule is Cc1c(C(=O)Nc2cc(C(F)(F)F)cc(C(F)(F)F)c2)sc(=O)n1C. The standard InChI is InChI=1S/C14H10F6N2O2S/c1-6-10(25-12(24)22(6)2)11(23)21-9-4-7(13(15,16)17)3-8(5-9)14(18,19)20/h3-5H,1-2H3,(H,21,23). The molecule has 1 aromatic heterocycles. The third kappa shape index (κ3) is 4.03. The first-order valence-corrected chi connectivity index (χ1v) is 7.39. The Kier molecular flexibility index (Phi) is 4.73. The Morgan fingerprint density at radius 2 is 1.52 bits per heavy atom. The molecule has 0 fully saturated rings. The lowest BCUT2D eigenvalue weighted by molar-refractivity contribution is -0.143. The van der Waals surface area contributed by atoms with Gasteiger partial charge in [-0.15, -0.1) is 0 Å². The Labute approximate surface area is 140 Å². The number of carbonyl (C=O) groups is 1. The number of anilines is 1. The molecule has 1 heterocycles. The zero-order chi connectivity index (χ0) is 19.2. The number of aromatic nitrogens is 1. The molecular formula is C14H10F6N2O2S. The van der Waals surface area contributed by atoms with Crippen molar-refractivity contribution < 1.29 is 31.1 Å². The molecule has 0 saturated heterocycles. The van der Waals surface area contributed by atoms with Crippen molar-refractivity contribution in [3.63, 3.8) is 0 Å². The highest BCUT2D eigenvalue weighted by Crippen LogP contribution is 2.37.